The number of aromatic nitrogens is 4. The molecule has 0 unspecified atom stereocenters. The van der Waals surface area contributed by atoms with Crippen molar-refractivity contribution in [2.45, 2.75) is 26.7 Å². The van der Waals surface area contributed by atoms with Gasteiger partial charge in [-0.2, -0.15) is 13.5 Å². The van der Waals surface area contributed by atoms with Crippen molar-refractivity contribution in [1.82, 2.24) is 19.7 Å². The zero-order valence-electron chi connectivity index (χ0n) is 24.4. The summed E-state index contributed by atoms with van der Waals surface area (Å²) in [5, 5.41) is 14.1. The molecule has 5 rings (SSSR count). The lowest BCUT2D eigenvalue weighted by Gasteiger charge is -2.12. The number of pyridine rings is 2. The van der Waals surface area contributed by atoms with Crippen molar-refractivity contribution in [1.29, 1.82) is 0 Å². The van der Waals surface area contributed by atoms with Crippen LogP contribution in [0.4, 0.5) is 26.5 Å². The van der Waals surface area contributed by atoms with Crippen LogP contribution in [0, 0.1) is 5.82 Å². The van der Waals surface area contributed by atoms with Gasteiger partial charge in [-0.3, -0.25) is 14.9 Å². The minimum Gasteiger partial charge on any atom is -0.457 e. The van der Waals surface area contributed by atoms with E-state index in [2.05, 4.69) is 31.0 Å². The second-order valence-electron chi connectivity index (χ2n) is 9.86. The molecule has 44 heavy (non-hydrogen) atoms. The number of hydrogen-bond donors (Lipinski definition) is 4. The van der Waals surface area contributed by atoms with Crippen LogP contribution in [0.5, 0.6) is 11.5 Å². The van der Waals surface area contributed by atoms with Gasteiger partial charge < -0.3 is 15.4 Å². The summed E-state index contributed by atoms with van der Waals surface area (Å²) in [7, 11) is -3.67. The van der Waals surface area contributed by atoms with Crippen LogP contribution >= 0.6 is 0 Å². The Kier molecular flexibility index (Phi) is 10.1. The van der Waals surface area contributed by atoms with E-state index in [0.29, 0.717) is 30.2 Å². The number of urea groups is 1. The van der Waals surface area contributed by atoms with Crippen molar-refractivity contribution in [3.05, 3.63) is 90.6 Å². The minimum absolute atomic E-state index is 0.00912. The number of nitrogens with one attached hydrogen (secondary N) is 3. The molecule has 0 atom stereocenters. The number of fused-ring (bicyclic) bond motifs is 1. The fraction of sp³-hybridized carbons (Fsp3) is 0.200. The maximum absolute atomic E-state index is 14.9. The van der Waals surface area contributed by atoms with Crippen molar-refractivity contribution in [2.24, 2.45) is 0 Å². The van der Waals surface area contributed by atoms with Gasteiger partial charge in [0.25, 0.3) is 10.1 Å². The minimum atomic E-state index is -3.67. The molecule has 0 fully saturated rings. The standard InChI is InChI=1S/C29H28FN7O2.CH4O3S/c1-4-31-27-16-22(11-13-33-27)39-21-8-10-25(23(30)15-21)34-29(38)35-28-17-26(18(2)3)36-37(28)20-7-9-24-19(14-20)6-5-12-32-24;1-5(2,3)4/h5-18H,4H2,1-3H3,(H,31,33)(H2,34,35,38);1H3,(H,2,3,4). The van der Waals surface area contributed by atoms with E-state index < -0.39 is 22.0 Å². The third-order valence-corrected chi connectivity index (χ3v) is 5.91. The Morgan fingerprint density at radius 3 is 2.45 bits per heavy atom. The maximum Gasteiger partial charge on any atom is 0.324 e. The van der Waals surface area contributed by atoms with Crippen LogP contribution in [0.2, 0.25) is 0 Å². The van der Waals surface area contributed by atoms with Crippen molar-refractivity contribution in [3.63, 3.8) is 0 Å². The molecule has 12 nitrogen and oxygen atoms in total. The molecule has 0 aliphatic carbocycles. The predicted octanol–water partition coefficient (Wildman–Crippen LogP) is 6.45. The molecule has 0 radical (unpaired) electrons. The number of carbonyl (C=O) groups excluding carboxylic acids is 1. The van der Waals surface area contributed by atoms with Crippen molar-refractivity contribution in [2.75, 3.05) is 28.8 Å². The highest BCUT2D eigenvalue weighted by molar-refractivity contribution is 7.85. The van der Waals surface area contributed by atoms with Gasteiger partial charge in [0.05, 0.1) is 28.8 Å². The van der Waals surface area contributed by atoms with E-state index in [0.717, 1.165) is 22.3 Å². The number of rotatable bonds is 8. The van der Waals surface area contributed by atoms with Crippen LogP contribution in [0.3, 0.4) is 0 Å². The largest absolute Gasteiger partial charge is 0.457 e. The van der Waals surface area contributed by atoms with Crippen molar-refractivity contribution in [3.8, 4) is 17.2 Å². The molecule has 14 heteroatoms. The fourth-order valence-electron chi connectivity index (χ4n) is 3.98. The fourth-order valence-corrected chi connectivity index (χ4v) is 3.98. The molecule has 0 aliphatic rings. The summed E-state index contributed by atoms with van der Waals surface area (Å²) in [6.45, 7) is 6.72. The molecule has 2 amide bonds. The summed E-state index contributed by atoms with van der Waals surface area (Å²) in [4.78, 5) is 21.4. The highest BCUT2D eigenvalue weighted by Gasteiger charge is 2.16. The number of nitrogens with zero attached hydrogens (tertiary/aromatic N) is 4. The molecule has 3 heterocycles. The number of benzene rings is 2. The van der Waals surface area contributed by atoms with Gasteiger partial charge in [0, 0.05) is 42.5 Å². The summed E-state index contributed by atoms with van der Waals surface area (Å²) >= 11 is 0. The van der Waals surface area contributed by atoms with Crippen molar-refractivity contribution >= 4 is 44.4 Å². The second-order valence-corrected chi connectivity index (χ2v) is 11.3. The van der Waals surface area contributed by atoms with E-state index in [4.69, 9.17) is 9.29 Å². The Morgan fingerprint density at radius 1 is 1.00 bits per heavy atom. The zero-order chi connectivity index (χ0) is 31.9. The summed E-state index contributed by atoms with van der Waals surface area (Å²) in [6, 6.07) is 18.4. The topological polar surface area (TPSA) is 160 Å². The summed E-state index contributed by atoms with van der Waals surface area (Å²) in [5.74, 6) is 1.41. The number of ether oxygens (including phenoxy) is 1. The van der Waals surface area contributed by atoms with Crippen molar-refractivity contribution < 1.29 is 26.9 Å². The Bertz CT molecular complexity index is 1870. The molecule has 0 bridgehead atoms. The van der Waals surface area contributed by atoms with E-state index in [1.54, 1.807) is 41.3 Å². The molecule has 4 N–H and O–H groups in total. The van der Waals surface area contributed by atoms with Gasteiger partial charge >= 0.3 is 6.03 Å². The van der Waals surface area contributed by atoms with E-state index in [9.17, 15) is 17.6 Å². The molecule has 0 saturated heterocycles. The quantitative estimate of drug-likeness (QED) is 0.143. The lowest BCUT2D eigenvalue weighted by molar-refractivity contribution is 0.262. The lowest BCUT2D eigenvalue weighted by Crippen LogP contribution is -2.22. The summed E-state index contributed by atoms with van der Waals surface area (Å²) in [5.41, 5.74) is 2.43. The Hall–Kier alpha value is -5.08. The van der Waals surface area contributed by atoms with Crippen LogP contribution < -0.4 is 20.7 Å². The predicted molar refractivity (Wildman–Crippen MR) is 168 cm³/mol. The Balaban J connectivity index is 0.000000818. The molecule has 5 aromatic rings. The summed E-state index contributed by atoms with van der Waals surface area (Å²) < 4.78 is 48.2. The molecular formula is C30H32FN7O5S. The van der Waals surface area contributed by atoms with Gasteiger partial charge in [0.15, 0.2) is 0 Å². The van der Waals surface area contributed by atoms with Crippen LogP contribution in [0.15, 0.2) is 79.1 Å². The number of carbonyl (C=O) groups is 1. The normalized spacial score (nSPS) is 11.1. The van der Waals surface area contributed by atoms with Gasteiger partial charge in [-0.1, -0.05) is 19.9 Å². The van der Waals surface area contributed by atoms with E-state index >= 15 is 0 Å². The monoisotopic (exact) mass is 621 g/mol. The second kappa shape index (κ2) is 13.9. The van der Waals surface area contributed by atoms with Crippen LogP contribution in [-0.4, -0.2) is 51.6 Å². The zero-order valence-corrected chi connectivity index (χ0v) is 25.3. The first-order valence-electron chi connectivity index (χ1n) is 13.5. The number of hydrogen-bond acceptors (Lipinski definition) is 8. The van der Waals surface area contributed by atoms with E-state index in [1.807, 2.05) is 51.1 Å². The van der Waals surface area contributed by atoms with E-state index in [-0.39, 0.29) is 17.4 Å². The first-order valence-corrected chi connectivity index (χ1v) is 15.4. The molecule has 230 valence electrons. The molecular weight excluding hydrogens is 589 g/mol. The lowest BCUT2D eigenvalue weighted by atomic mass is 10.1. The third kappa shape index (κ3) is 8.96. The first kappa shape index (κ1) is 31.8. The smallest absolute Gasteiger partial charge is 0.324 e. The first-order chi connectivity index (χ1) is 20.9. The van der Waals surface area contributed by atoms with Crippen LogP contribution in [-0.2, 0) is 10.1 Å². The van der Waals surface area contributed by atoms with Gasteiger partial charge in [-0.05, 0) is 55.3 Å². The average molecular weight is 622 g/mol. The molecule has 0 spiro atoms. The van der Waals surface area contributed by atoms with Crippen LogP contribution in [0.1, 0.15) is 32.4 Å². The Morgan fingerprint density at radius 2 is 1.75 bits per heavy atom. The third-order valence-electron chi connectivity index (χ3n) is 5.91. The highest BCUT2D eigenvalue weighted by Crippen LogP contribution is 2.28. The number of anilines is 3. The van der Waals surface area contributed by atoms with Gasteiger partial charge in [0.1, 0.15) is 29.0 Å². The SMILES string of the molecule is CCNc1cc(Oc2ccc(NC(=O)Nc3cc(C(C)C)nn3-c3ccc4ncccc4c3)c(F)c2)ccn1.CS(=O)(=O)O. The average Bonchev–Trinajstić information content (AvgIpc) is 3.38. The molecule has 3 aromatic heterocycles. The molecule has 0 aliphatic heterocycles. The van der Waals surface area contributed by atoms with Crippen LogP contribution in [0.25, 0.3) is 16.6 Å². The van der Waals surface area contributed by atoms with Gasteiger partial charge in [-0.25, -0.2) is 18.9 Å². The molecule has 2 aromatic carbocycles. The van der Waals surface area contributed by atoms with Gasteiger partial charge in [-0.15, -0.1) is 0 Å². The number of amides is 2. The van der Waals surface area contributed by atoms with Gasteiger partial charge in [0.2, 0.25) is 0 Å². The van der Waals surface area contributed by atoms with E-state index in [1.165, 1.54) is 12.1 Å². The Labute approximate surface area is 254 Å². The summed E-state index contributed by atoms with van der Waals surface area (Å²) in [6.07, 6.45) is 4.06. The number of halogens is 1. The highest BCUT2D eigenvalue weighted by atomic mass is 32.2. The molecule has 0 saturated carbocycles. The maximum atomic E-state index is 14.9.